The molecule has 0 saturated carbocycles. The molecule has 0 heterocycles. The molecule has 0 bridgehead atoms. The third-order valence-corrected chi connectivity index (χ3v) is 3.94. The minimum Gasteiger partial charge on any atom is -0.294 e. The lowest BCUT2D eigenvalue weighted by Crippen LogP contribution is -2.08. The smallest absolute Gasteiger partial charge is 0.294 e. The molecule has 2 aromatic rings. The summed E-state index contributed by atoms with van der Waals surface area (Å²) in [6, 6.07) is 9.38. The van der Waals surface area contributed by atoms with Gasteiger partial charge in [-0.1, -0.05) is 24.3 Å². The maximum absolute atomic E-state index is 12.5. The zero-order valence-corrected chi connectivity index (χ0v) is 13.4. The second-order valence-corrected chi connectivity index (χ2v) is 5.72. The Balaban J connectivity index is 1.99. The van der Waals surface area contributed by atoms with E-state index in [1.54, 1.807) is 12.1 Å². The van der Waals surface area contributed by atoms with Crippen molar-refractivity contribution in [2.24, 2.45) is 0 Å². The summed E-state index contributed by atoms with van der Waals surface area (Å²) < 4.78 is 37.5. The standard InChI is InChI=1S/C19H17F3O2/c1-12-3-4-15(11-13(12)2)18(24)10-9-17(23)14-5-7-16(8-6-14)19(20,21)22/h3-8,11H,9-10H2,1-2H3. The van der Waals surface area contributed by atoms with Crippen LogP contribution in [0.5, 0.6) is 0 Å². The normalized spacial score (nSPS) is 11.4. The molecule has 24 heavy (non-hydrogen) atoms. The van der Waals surface area contributed by atoms with Gasteiger partial charge in [0.1, 0.15) is 0 Å². The van der Waals surface area contributed by atoms with Crippen LogP contribution >= 0.6 is 0 Å². The first kappa shape index (κ1) is 17.9. The molecule has 0 aromatic heterocycles. The van der Waals surface area contributed by atoms with Gasteiger partial charge in [0, 0.05) is 24.0 Å². The molecule has 2 aromatic carbocycles. The van der Waals surface area contributed by atoms with Crippen LogP contribution in [0.2, 0.25) is 0 Å². The van der Waals surface area contributed by atoms with E-state index < -0.39 is 11.7 Å². The Bertz CT molecular complexity index is 759. The number of alkyl halides is 3. The van der Waals surface area contributed by atoms with Crippen molar-refractivity contribution >= 4 is 11.6 Å². The molecule has 0 fully saturated rings. The molecule has 0 aliphatic rings. The molecule has 5 heteroatoms. The van der Waals surface area contributed by atoms with Crippen LogP contribution in [0.1, 0.15) is 50.2 Å². The number of benzene rings is 2. The van der Waals surface area contributed by atoms with Crippen LogP contribution < -0.4 is 0 Å². The minimum atomic E-state index is -4.43. The molecule has 0 aliphatic heterocycles. The fourth-order valence-corrected chi connectivity index (χ4v) is 2.28. The molecular formula is C19H17F3O2. The molecule has 126 valence electrons. The topological polar surface area (TPSA) is 34.1 Å². The van der Waals surface area contributed by atoms with Gasteiger partial charge in [-0.05, 0) is 43.2 Å². The van der Waals surface area contributed by atoms with Crippen LogP contribution in [-0.2, 0) is 6.18 Å². The third kappa shape index (κ3) is 4.31. The summed E-state index contributed by atoms with van der Waals surface area (Å²) in [5.74, 6) is -0.501. The Morgan fingerprint density at radius 3 is 1.79 bits per heavy atom. The molecule has 2 rings (SSSR count). The van der Waals surface area contributed by atoms with Crippen LogP contribution in [0.3, 0.4) is 0 Å². The van der Waals surface area contributed by atoms with E-state index in [-0.39, 0.29) is 30.0 Å². The summed E-state index contributed by atoms with van der Waals surface area (Å²) in [7, 11) is 0. The summed E-state index contributed by atoms with van der Waals surface area (Å²) in [5.41, 5.74) is 1.99. The van der Waals surface area contributed by atoms with E-state index in [9.17, 15) is 22.8 Å². The Hall–Kier alpha value is -2.43. The second kappa shape index (κ2) is 6.99. The van der Waals surface area contributed by atoms with Crippen LogP contribution in [0.4, 0.5) is 13.2 Å². The number of rotatable bonds is 5. The number of Topliss-reactive ketones (excluding diaryl/α,β-unsaturated/α-hetero) is 2. The zero-order valence-electron chi connectivity index (χ0n) is 13.4. The first-order valence-corrected chi connectivity index (χ1v) is 7.49. The molecule has 0 spiro atoms. The quantitative estimate of drug-likeness (QED) is 0.707. The second-order valence-electron chi connectivity index (χ2n) is 5.72. The minimum absolute atomic E-state index is 0.0301. The third-order valence-electron chi connectivity index (χ3n) is 3.94. The summed E-state index contributed by atoms with van der Waals surface area (Å²) in [6.07, 6.45) is -4.43. The first-order chi connectivity index (χ1) is 11.2. The highest BCUT2D eigenvalue weighted by Crippen LogP contribution is 2.29. The molecule has 0 atom stereocenters. The van der Waals surface area contributed by atoms with Crippen LogP contribution in [0.25, 0.3) is 0 Å². The van der Waals surface area contributed by atoms with Gasteiger partial charge >= 0.3 is 6.18 Å². The summed E-state index contributed by atoms with van der Waals surface area (Å²) in [5, 5.41) is 0. The molecule has 2 nitrogen and oxygen atoms in total. The first-order valence-electron chi connectivity index (χ1n) is 7.49. The van der Waals surface area contributed by atoms with Crippen LogP contribution in [-0.4, -0.2) is 11.6 Å². The van der Waals surface area contributed by atoms with Gasteiger partial charge in [0.25, 0.3) is 0 Å². The van der Waals surface area contributed by atoms with Gasteiger partial charge in [0.2, 0.25) is 0 Å². The molecule has 0 amide bonds. The van der Waals surface area contributed by atoms with Gasteiger partial charge in [0.15, 0.2) is 11.6 Å². The van der Waals surface area contributed by atoms with Crippen molar-refractivity contribution in [3.8, 4) is 0 Å². The van der Waals surface area contributed by atoms with E-state index in [4.69, 9.17) is 0 Å². The maximum Gasteiger partial charge on any atom is 0.416 e. The number of ketones is 2. The molecule has 0 saturated heterocycles. The lowest BCUT2D eigenvalue weighted by atomic mass is 9.98. The van der Waals surface area contributed by atoms with Gasteiger partial charge in [-0.3, -0.25) is 9.59 Å². The highest BCUT2D eigenvalue weighted by Gasteiger charge is 2.30. The van der Waals surface area contributed by atoms with Gasteiger partial charge in [-0.15, -0.1) is 0 Å². The number of carbonyl (C=O) groups is 2. The highest BCUT2D eigenvalue weighted by atomic mass is 19.4. The summed E-state index contributed by atoms with van der Waals surface area (Å²) in [4.78, 5) is 24.2. The molecule has 0 N–H and O–H groups in total. The Morgan fingerprint density at radius 2 is 1.29 bits per heavy atom. The lowest BCUT2D eigenvalue weighted by Gasteiger charge is -2.07. The predicted octanol–water partition coefficient (Wildman–Crippen LogP) is 5.17. The molecule has 0 aliphatic carbocycles. The van der Waals surface area contributed by atoms with Crippen LogP contribution in [0.15, 0.2) is 42.5 Å². The monoisotopic (exact) mass is 334 g/mol. The maximum atomic E-state index is 12.5. The summed E-state index contributed by atoms with van der Waals surface area (Å²) in [6.45, 7) is 3.84. The van der Waals surface area contributed by atoms with E-state index in [1.807, 2.05) is 19.9 Å². The van der Waals surface area contributed by atoms with Gasteiger partial charge in [-0.25, -0.2) is 0 Å². The van der Waals surface area contributed by atoms with E-state index in [0.717, 1.165) is 35.4 Å². The van der Waals surface area contributed by atoms with Crippen molar-refractivity contribution in [3.63, 3.8) is 0 Å². The number of hydrogen-bond acceptors (Lipinski definition) is 2. The predicted molar refractivity (Wildman–Crippen MR) is 85.3 cm³/mol. The highest BCUT2D eigenvalue weighted by molar-refractivity contribution is 6.02. The average Bonchev–Trinajstić information content (AvgIpc) is 2.54. The lowest BCUT2D eigenvalue weighted by molar-refractivity contribution is -0.137. The van der Waals surface area contributed by atoms with Crippen molar-refractivity contribution in [3.05, 3.63) is 70.3 Å². The van der Waals surface area contributed by atoms with Crippen LogP contribution in [0, 0.1) is 13.8 Å². The fraction of sp³-hybridized carbons (Fsp3) is 0.263. The van der Waals surface area contributed by atoms with Gasteiger partial charge in [-0.2, -0.15) is 13.2 Å². The number of halogens is 3. The van der Waals surface area contributed by atoms with Crippen molar-refractivity contribution in [1.29, 1.82) is 0 Å². The Kier molecular flexibility index (Phi) is 5.22. The Morgan fingerprint density at radius 1 is 0.792 bits per heavy atom. The van der Waals surface area contributed by atoms with Crippen molar-refractivity contribution in [2.75, 3.05) is 0 Å². The van der Waals surface area contributed by atoms with Crippen molar-refractivity contribution < 1.29 is 22.8 Å². The zero-order chi connectivity index (χ0) is 17.9. The Labute approximate surface area is 138 Å². The molecule has 0 radical (unpaired) electrons. The SMILES string of the molecule is Cc1ccc(C(=O)CCC(=O)c2ccc(C(F)(F)F)cc2)cc1C. The fourth-order valence-electron chi connectivity index (χ4n) is 2.28. The largest absolute Gasteiger partial charge is 0.416 e. The van der Waals surface area contributed by atoms with Gasteiger partial charge < -0.3 is 0 Å². The van der Waals surface area contributed by atoms with Crippen molar-refractivity contribution in [2.45, 2.75) is 32.9 Å². The van der Waals surface area contributed by atoms with Crippen molar-refractivity contribution in [1.82, 2.24) is 0 Å². The average molecular weight is 334 g/mol. The van der Waals surface area contributed by atoms with E-state index in [1.165, 1.54) is 0 Å². The van der Waals surface area contributed by atoms with E-state index in [2.05, 4.69) is 0 Å². The number of aryl methyl sites for hydroxylation is 2. The summed E-state index contributed by atoms with van der Waals surface area (Å²) >= 11 is 0. The molecule has 0 unspecified atom stereocenters. The van der Waals surface area contributed by atoms with Gasteiger partial charge in [0.05, 0.1) is 5.56 Å². The number of carbonyl (C=O) groups excluding carboxylic acids is 2. The van der Waals surface area contributed by atoms with E-state index >= 15 is 0 Å². The number of hydrogen-bond donors (Lipinski definition) is 0. The van der Waals surface area contributed by atoms with E-state index in [0.29, 0.717) is 5.56 Å². The molecular weight excluding hydrogens is 317 g/mol.